The second-order valence-corrected chi connectivity index (χ2v) is 5.08. The number of halogens is 2. The molecule has 1 aromatic carbocycles. The van der Waals surface area contributed by atoms with Gasteiger partial charge in [-0.2, -0.15) is 8.78 Å². The zero-order chi connectivity index (χ0) is 14.8. The molecule has 20 heavy (non-hydrogen) atoms. The van der Waals surface area contributed by atoms with Gasteiger partial charge in [0.2, 0.25) is 5.91 Å². The molecule has 1 aliphatic rings. The first kappa shape index (κ1) is 14.8. The van der Waals surface area contributed by atoms with Crippen LogP contribution in [0.2, 0.25) is 0 Å². The molecule has 0 aliphatic carbocycles. The first-order valence-corrected chi connectivity index (χ1v) is 6.94. The van der Waals surface area contributed by atoms with E-state index in [0.717, 1.165) is 24.8 Å². The van der Waals surface area contributed by atoms with Gasteiger partial charge in [0.05, 0.1) is 5.41 Å². The third-order valence-corrected chi connectivity index (χ3v) is 3.98. The second-order valence-electron chi connectivity index (χ2n) is 5.08. The lowest BCUT2D eigenvalue weighted by molar-refractivity contribution is -0.121. The Kier molecular flexibility index (Phi) is 4.26. The van der Waals surface area contributed by atoms with Gasteiger partial charge in [0, 0.05) is 5.69 Å². The number of rotatable bonds is 6. The Bertz CT molecular complexity index is 505. The molecule has 0 radical (unpaired) electrons. The fourth-order valence-electron chi connectivity index (χ4n) is 2.82. The van der Waals surface area contributed by atoms with Crippen LogP contribution in [0.1, 0.15) is 45.1 Å². The molecule has 2 rings (SSSR count). The Morgan fingerprint density at radius 1 is 1.35 bits per heavy atom. The number of hydrogen-bond acceptors (Lipinski definition) is 2. The number of amides is 1. The van der Waals surface area contributed by atoms with E-state index in [4.69, 9.17) is 0 Å². The predicted molar refractivity (Wildman–Crippen MR) is 73.2 cm³/mol. The lowest BCUT2D eigenvalue weighted by atomic mass is 9.75. The van der Waals surface area contributed by atoms with E-state index in [0.29, 0.717) is 12.1 Å². The highest BCUT2D eigenvalue weighted by atomic mass is 19.3. The summed E-state index contributed by atoms with van der Waals surface area (Å²) in [7, 11) is 0. The summed E-state index contributed by atoms with van der Waals surface area (Å²) in [6.45, 7) is 1.16. The van der Waals surface area contributed by atoms with Crippen LogP contribution in [0.4, 0.5) is 14.5 Å². The lowest BCUT2D eigenvalue weighted by Crippen LogP contribution is -2.33. The highest BCUT2D eigenvalue weighted by Crippen LogP contribution is 2.45. The summed E-state index contributed by atoms with van der Waals surface area (Å²) in [5, 5.41) is 2.85. The lowest BCUT2D eigenvalue weighted by Gasteiger charge is -2.26. The van der Waals surface area contributed by atoms with Crippen molar-refractivity contribution in [1.82, 2.24) is 0 Å². The summed E-state index contributed by atoms with van der Waals surface area (Å²) in [4.78, 5) is 12.3. The maximum atomic E-state index is 12.3. The molecule has 0 spiro atoms. The highest BCUT2D eigenvalue weighted by Gasteiger charge is 2.44. The van der Waals surface area contributed by atoms with E-state index in [9.17, 15) is 13.6 Å². The molecule has 0 aromatic heterocycles. The normalized spacial score (nSPS) is 20.9. The second kappa shape index (κ2) is 5.77. The average Bonchev–Trinajstić information content (AvgIpc) is 2.68. The van der Waals surface area contributed by atoms with Crippen LogP contribution in [0.25, 0.3) is 0 Å². The summed E-state index contributed by atoms with van der Waals surface area (Å²) in [6, 6.07) is 4.66. The molecule has 0 saturated carbocycles. The first-order chi connectivity index (χ1) is 9.53. The number of hydrogen-bond donors (Lipinski definition) is 1. The minimum Gasteiger partial charge on any atom is -0.435 e. The van der Waals surface area contributed by atoms with Crippen LogP contribution in [0, 0.1) is 0 Å². The number of fused-ring (bicyclic) bond motifs is 1. The summed E-state index contributed by atoms with van der Waals surface area (Å²) in [6.07, 6.45) is 3.26. The van der Waals surface area contributed by atoms with Gasteiger partial charge in [0.25, 0.3) is 0 Å². The van der Waals surface area contributed by atoms with Crippen LogP contribution in [-0.2, 0) is 10.2 Å². The molecule has 1 aliphatic heterocycles. The van der Waals surface area contributed by atoms with Crippen molar-refractivity contribution in [2.45, 2.75) is 51.6 Å². The standard InChI is InChI=1S/C15H19F2NO2/c1-3-5-8-15(4-2)11-9-10(20-14(16)17)6-7-12(11)18-13(15)19/h6-7,9,14H,3-5,8H2,1-2H3,(H,18,19). The molecule has 3 nitrogen and oxygen atoms in total. The quantitative estimate of drug-likeness (QED) is 0.854. The molecule has 1 amide bonds. The highest BCUT2D eigenvalue weighted by molar-refractivity contribution is 6.06. The van der Waals surface area contributed by atoms with E-state index >= 15 is 0 Å². The van der Waals surface area contributed by atoms with E-state index in [2.05, 4.69) is 17.0 Å². The van der Waals surface area contributed by atoms with Gasteiger partial charge in [0.1, 0.15) is 5.75 Å². The topological polar surface area (TPSA) is 38.3 Å². The molecule has 1 atom stereocenters. The SMILES string of the molecule is CCCCC1(CC)C(=O)Nc2ccc(OC(F)F)cc21. The number of unbranched alkanes of at least 4 members (excludes halogenated alkanes) is 1. The van der Waals surface area contributed by atoms with Gasteiger partial charge < -0.3 is 10.1 Å². The molecule has 1 unspecified atom stereocenters. The molecule has 5 heteroatoms. The van der Waals surface area contributed by atoms with Crippen LogP contribution in [0.3, 0.4) is 0 Å². The number of anilines is 1. The van der Waals surface area contributed by atoms with E-state index in [1.165, 1.54) is 6.07 Å². The Labute approximate surface area is 117 Å². The van der Waals surface area contributed by atoms with Gasteiger partial charge in [0.15, 0.2) is 0 Å². The Morgan fingerprint density at radius 3 is 2.70 bits per heavy atom. The van der Waals surface area contributed by atoms with E-state index < -0.39 is 12.0 Å². The molecule has 1 N–H and O–H groups in total. The number of carbonyl (C=O) groups excluding carboxylic acids is 1. The smallest absolute Gasteiger partial charge is 0.387 e. The molecule has 1 heterocycles. The zero-order valence-electron chi connectivity index (χ0n) is 11.7. The van der Waals surface area contributed by atoms with Gasteiger partial charge in [-0.1, -0.05) is 26.7 Å². The molecule has 110 valence electrons. The van der Waals surface area contributed by atoms with E-state index in [-0.39, 0.29) is 11.7 Å². The summed E-state index contributed by atoms with van der Waals surface area (Å²) < 4.78 is 29.1. The number of benzene rings is 1. The first-order valence-electron chi connectivity index (χ1n) is 6.94. The Morgan fingerprint density at radius 2 is 2.10 bits per heavy atom. The van der Waals surface area contributed by atoms with Gasteiger partial charge in [-0.15, -0.1) is 0 Å². The summed E-state index contributed by atoms with van der Waals surface area (Å²) in [5.41, 5.74) is 0.860. The molecule has 0 bridgehead atoms. The minimum atomic E-state index is -2.86. The predicted octanol–water partition coefficient (Wildman–Crippen LogP) is 4.08. The van der Waals surface area contributed by atoms with Crippen molar-refractivity contribution in [2.24, 2.45) is 0 Å². The molecular weight excluding hydrogens is 264 g/mol. The van der Waals surface area contributed by atoms with Crippen LogP contribution >= 0.6 is 0 Å². The fourth-order valence-corrected chi connectivity index (χ4v) is 2.82. The molecule has 1 aromatic rings. The minimum absolute atomic E-state index is 0.0438. The average molecular weight is 283 g/mol. The van der Waals surface area contributed by atoms with Crippen molar-refractivity contribution in [3.63, 3.8) is 0 Å². The van der Waals surface area contributed by atoms with E-state index in [1.807, 2.05) is 6.92 Å². The Balaban J connectivity index is 2.40. The van der Waals surface area contributed by atoms with Crippen molar-refractivity contribution in [1.29, 1.82) is 0 Å². The van der Waals surface area contributed by atoms with Crippen molar-refractivity contribution in [3.05, 3.63) is 23.8 Å². The van der Waals surface area contributed by atoms with E-state index in [1.54, 1.807) is 12.1 Å². The fraction of sp³-hybridized carbons (Fsp3) is 0.533. The maximum Gasteiger partial charge on any atom is 0.387 e. The van der Waals surface area contributed by atoms with Crippen molar-refractivity contribution in [2.75, 3.05) is 5.32 Å². The van der Waals surface area contributed by atoms with Gasteiger partial charge in [-0.25, -0.2) is 0 Å². The molecule has 0 saturated heterocycles. The van der Waals surface area contributed by atoms with Gasteiger partial charge in [-0.3, -0.25) is 4.79 Å². The number of alkyl halides is 2. The summed E-state index contributed by atoms with van der Waals surface area (Å²) >= 11 is 0. The van der Waals surface area contributed by atoms with Crippen molar-refractivity contribution >= 4 is 11.6 Å². The number of ether oxygens (including phenoxy) is 1. The maximum absolute atomic E-state index is 12.3. The number of carbonyl (C=O) groups is 1. The van der Waals surface area contributed by atoms with Crippen molar-refractivity contribution in [3.8, 4) is 5.75 Å². The molecular formula is C15H19F2NO2. The largest absolute Gasteiger partial charge is 0.435 e. The zero-order valence-corrected chi connectivity index (χ0v) is 11.7. The Hall–Kier alpha value is -1.65. The van der Waals surface area contributed by atoms with Crippen LogP contribution in [-0.4, -0.2) is 12.5 Å². The number of nitrogens with one attached hydrogen (secondary N) is 1. The van der Waals surface area contributed by atoms with Gasteiger partial charge in [-0.05, 0) is 36.6 Å². The van der Waals surface area contributed by atoms with Crippen molar-refractivity contribution < 1.29 is 18.3 Å². The third-order valence-electron chi connectivity index (χ3n) is 3.98. The third kappa shape index (κ3) is 2.49. The molecule has 0 fully saturated rings. The monoisotopic (exact) mass is 283 g/mol. The van der Waals surface area contributed by atoms with Gasteiger partial charge >= 0.3 is 6.61 Å². The van der Waals surface area contributed by atoms with Crippen LogP contribution in [0.5, 0.6) is 5.75 Å². The van der Waals surface area contributed by atoms with Crippen LogP contribution < -0.4 is 10.1 Å². The summed E-state index contributed by atoms with van der Waals surface area (Å²) in [5.74, 6) is 0.0576. The van der Waals surface area contributed by atoms with Crippen LogP contribution in [0.15, 0.2) is 18.2 Å².